The summed E-state index contributed by atoms with van der Waals surface area (Å²) in [6, 6.07) is 8.23. The minimum absolute atomic E-state index is 0.0370. The van der Waals surface area contributed by atoms with Gasteiger partial charge in [0.15, 0.2) is 0 Å². The highest BCUT2D eigenvalue weighted by atomic mass is 16.4. The van der Waals surface area contributed by atoms with Crippen LogP contribution in [0.3, 0.4) is 0 Å². The lowest BCUT2D eigenvalue weighted by Crippen LogP contribution is -2.57. The number of rotatable bonds is 3. The van der Waals surface area contributed by atoms with Gasteiger partial charge in [0.05, 0.1) is 18.0 Å². The zero-order valence-corrected chi connectivity index (χ0v) is 14.6. The van der Waals surface area contributed by atoms with Crippen LogP contribution in [-0.2, 0) is 27.5 Å². The average molecular weight is 357 g/mol. The number of piperidine rings is 1. The van der Waals surface area contributed by atoms with Crippen molar-refractivity contribution in [2.24, 2.45) is 5.92 Å². The van der Waals surface area contributed by atoms with E-state index in [1.54, 1.807) is 4.90 Å². The fourth-order valence-corrected chi connectivity index (χ4v) is 4.56. The van der Waals surface area contributed by atoms with Crippen molar-refractivity contribution in [3.8, 4) is 0 Å². The van der Waals surface area contributed by atoms with Gasteiger partial charge in [0.1, 0.15) is 0 Å². The number of hydrogen-bond acceptors (Lipinski definition) is 4. The number of aliphatic carboxylic acids is 1. The van der Waals surface area contributed by atoms with Gasteiger partial charge in [-0.05, 0) is 24.0 Å². The van der Waals surface area contributed by atoms with Crippen LogP contribution >= 0.6 is 0 Å². The first kappa shape index (κ1) is 17.0. The quantitative estimate of drug-likeness (QED) is 0.826. The van der Waals surface area contributed by atoms with E-state index in [-0.39, 0.29) is 18.2 Å². The second-order valence-corrected chi connectivity index (χ2v) is 7.59. The van der Waals surface area contributed by atoms with Gasteiger partial charge in [-0.15, -0.1) is 0 Å². The van der Waals surface area contributed by atoms with Gasteiger partial charge in [-0.25, -0.2) is 0 Å². The largest absolute Gasteiger partial charge is 0.481 e. The first-order valence-corrected chi connectivity index (χ1v) is 9.07. The van der Waals surface area contributed by atoms with Crippen molar-refractivity contribution >= 4 is 17.8 Å². The van der Waals surface area contributed by atoms with Crippen LogP contribution in [0.2, 0.25) is 0 Å². The molecule has 2 saturated heterocycles. The number of hydrogen-bond donors (Lipinski definition) is 2. The average Bonchev–Trinajstić information content (AvgIpc) is 3.15. The summed E-state index contributed by atoms with van der Waals surface area (Å²) in [5, 5.41) is 12.3. The van der Waals surface area contributed by atoms with Gasteiger partial charge in [-0.2, -0.15) is 0 Å². The summed E-state index contributed by atoms with van der Waals surface area (Å²) < 4.78 is 0. The number of carbonyl (C=O) groups excluding carboxylic acids is 2. The summed E-state index contributed by atoms with van der Waals surface area (Å²) in [5.41, 5.74) is 1.86. The molecule has 3 heterocycles. The van der Waals surface area contributed by atoms with Crippen LogP contribution in [0, 0.1) is 5.92 Å². The summed E-state index contributed by atoms with van der Waals surface area (Å²) in [4.78, 5) is 39.8. The van der Waals surface area contributed by atoms with E-state index in [1.165, 1.54) is 11.1 Å². The molecular formula is C19H23N3O4. The number of nitrogens with zero attached hydrogens (tertiary/aromatic N) is 2. The Morgan fingerprint density at radius 2 is 1.77 bits per heavy atom. The van der Waals surface area contributed by atoms with Gasteiger partial charge in [-0.1, -0.05) is 24.3 Å². The predicted octanol–water partition coefficient (Wildman–Crippen LogP) is 0.584. The highest BCUT2D eigenvalue weighted by molar-refractivity contribution is 5.88. The molecule has 2 amide bonds. The Hall–Kier alpha value is -2.41. The molecule has 1 aromatic carbocycles. The second-order valence-electron chi connectivity index (χ2n) is 7.59. The van der Waals surface area contributed by atoms with E-state index in [2.05, 4.69) is 22.3 Å². The molecule has 0 unspecified atom stereocenters. The van der Waals surface area contributed by atoms with Gasteiger partial charge in [-0.3, -0.25) is 19.3 Å². The van der Waals surface area contributed by atoms with Crippen LogP contribution in [0.1, 0.15) is 30.4 Å². The lowest BCUT2D eigenvalue weighted by atomic mass is 9.77. The molecule has 0 bridgehead atoms. The Morgan fingerprint density at radius 1 is 1.15 bits per heavy atom. The van der Waals surface area contributed by atoms with Crippen LogP contribution in [0.25, 0.3) is 0 Å². The van der Waals surface area contributed by atoms with Crippen molar-refractivity contribution in [3.63, 3.8) is 0 Å². The van der Waals surface area contributed by atoms with Gasteiger partial charge < -0.3 is 15.3 Å². The van der Waals surface area contributed by atoms with E-state index < -0.39 is 17.4 Å². The number of nitrogens with one attached hydrogen (secondary N) is 1. The predicted molar refractivity (Wildman–Crippen MR) is 93.0 cm³/mol. The molecule has 0 radical (unpaired) electrons. The molecule has 1 spiro atoms. The number of carboxylic acids is 1. The Balaban J connectivity index is 1.34. The summed E-state index contributed by atoms with van der Waals surface area (Å²) in [7, 11) is 0. The van der Waals surface area contributed by atoms with Crippen LogP contribution in [0.4, 0.5) is 0 Å². The van der Waals surface area contributed by atoms with Crippen molar-refractivity contribution in [2.75, 3.05) is 19.6 Å². The summed E-state index contributed by atoms with van der Waals surface area (Å²) in [5.74, 6) is -1.76. The Labute approximate surface area is 152 Å². The molecule has 3 aliphatic heterocycles. The maximum Gasteiger partial charge on any atom is 0.309 e. The summed E-state index contributed by atoms with van der Waals surface area (Å²) >= 11 is 0. The monoisotopic (exact) mass is 357 g/mol. The van der Waals surface area contributed by atoms with Crippen molar-refractivity contribution in [2.45, 2.75) is 37.9 Å². The second kappa shape index (κ2) is 6.39. The molecule has 2 N–H and O–H groups in total. The molecule has 1 atom stereocenters. The summed E-state index contributed by atoms with van der Waals surface area (Å²) in [6.07, 6.45) is 1.04. The molecule has 3 aliphatic rings. The third-order valence-corrected chi connectivity index (χ3v) is 6.02. The fourth-order valence-electron chi connectivity index (χ4n) is 4.56. The highest BCUT2D eigenvalue weighted by Crippen LogP contribution is 2.37. The fraction of sp³-hybridized carbons (Fsp3) is 0.526. The maximum atomic E-state index is 12.7. The van der Waals surface area contributed by atoms with Crippen LogP contribution in [-0.4, -0.2) is 57.9 Å². The Bertz CT molecular complexity index is 730. The zero-order chi connectivity index (χ0) is 18.3. The van der Waals surface area contributed by atoms with Crippen LogP contribution < -0.4 is 5.32 Å². The van der Waals surface area contributed by atoms with E-state index in [9.17, 15) is 19.5 Å². The van der Waals surface area contributed by atoms with Gasteiger partial charge in [0.2, 0.25) is 11.8 Å². The SMILES string of the molecule is O=C1C[C@H](C(=O)O)C2(CCN(C(=O)CN3Cc4ccccc4C3)CC2)N1. The minimum Gasteiger partial charge on any atom is -0.481 e. The van der Waals surface area contributed by atoms with Crippen molar-refractivity contribution in [3.05, 3.63) is 35.4 Å². The first-order valence-electron chi connectivity index (χ1n) is 9.07. The van der Waals surface area contributed by atoms with Gasteiger partial charge in [0.25, 0.3) is 0 Å². The first-order chi connectivity index (χ1) is 12.5. The van der Waals surface area contributed by atoms with E-state index >= 15 is 0 Å². The van der Waals surface area contributed by atoms with Crippen molar-refractivity contribution < 1.29 is 19.5 Å². The van der Waals surface area contributed by atoms with E-state index in [4.69, 9.17) is 0 Å². The number of carboxylic acid groups (broad SMARTS) is 1. The topological polar surface area (TPSA) is 90.0 Å². The van der Waals surface area contributed by atoms with E-state index in [0.717, 1.165) is 13.1 Å². The molecule has 7 heteroatoms. The third-order valence-electron chi connectivity index (χ3n) is 6.02. The molecular weight excluding hydrogens is 334 g/mol. The van der Waals surface area contributed by atoms with Crippen LogP contribution in [0.15, 0.2) is 24.3 Å². The Morgan fingerprint density at radius 3 is 2.35 bits per heavy atom. The standard InChI is InChI=1S/C19H23N3O4/c23-16-9-15(18(25)26)19(20-16)5-7-22(8-6-19)17(24)12-21-10-13-3-1-2-4-14(13)11-21/h1-4,15H,5-12H2,(H,20,23)(H,25,26)/t15-/m1/s1. The molecule has 0 saturated carbocycles. The highest BCUT2D eigenvalue weighted by Gasteiger charge is 2.52. The summed E-state index contributed by atoms with van der Waals surface area (Å²) in [6.45, 7) is 2.93. The number of amides is 2. The van der Waals surface area contributed by atoms with E-state index in [0.29, 0.717) is 32.5 Å². The normalized spacial score (nSPS) is 24.5. The van der Waals surface area contributed by atoms with Gasteiger partial charge in [0, 0.05) is 32.6 Å². The van der Waals surface area contributed by atoms with Crippen molar-refractivity contribution in [1.82, 2.24) is 15.1 Å². The molecule has 0 aromatic heterocycles. The number of benzene rings is 1. The Kier molecular flexibility index (Phi) is 4.19. The third kappa shape index (κ3) is 2.96. The smallest absolute Gasteiger partial charge is 0.309 e. The molecule has 7 nitrogen and oxygen atoms in total. The van der Waals surface area contributed by atoms with Gasteiger partial charge >= 0.3 is 5.97 Å². The number of carbonyl (C=O) groups is 3. The lowest BCUT2D eigenvalue weighted by molar-refractivity contribution is -0.145. The molecule has 0 aliphatic carbocycles. The lowest BCUT2D eigenvalue weighted by Gasteiger charge is -2.41. The molecule has 4 rings (SSSR count). The minimum atomic E-state index is -0.932. The molecule has 26 heavy (non-hydrogen) atoms. The van der Waals surface area contributed by atoms with Crippen LogP contribution in [0.5, 0.6) is 0 Å². The van der Waals surface area contributed by atoms with E-state index in [1.807, 2.05) is 12.1 Å². The molecule has 1 aromatic rings. The number of fused-ring (bicyclic) bond motifs is 1. The van der Waals surface area contributed by atoms with Crippen molar-refractivity contribution in [1.29, 1.82) is 0 Å². The zero-order valence-electron chi connectivity index (χ0n) is 14.6. The maximum absolute atomic E-state index is 12.7. The number of likely N-dealkylation sites (tertiary alicyclic amines) is 1. The molecule has 2 fully saturated rings. The molecule has 138 valence electrons.